The van der Waals surface area contributed by atoms with Crippen LogP contribution in [0.25, 0.3) is 0 Å². The fourth-order valence-electron chi connectivity index (χ4n) is 2.68. The Labute approximate surface area is 113 Å². The number of carbonyl (C=O) groups is 1. The molecule has 0 spiro atoms. The summed E-state index contributed by atoms with van der Waals surface area (Å²) in [5, 5.41) is 0. The van der Waals surface area contributed by atoms with Gasteiger partial charge in [0.25, 0.3) is 0 Å². The largest absolute Gasteiger partial charge is 0.339 e. The number of likely N-dealkylation sites (tertiary alicyclic amines) is 1. The van der Waals surface area contributed by atoms with Gasteiger partial charge in [0.1, 0.15) is 0 Å². The molecule has 3 rings (SSSR count). The van der Waals surface area contributed by atoms with Gasteiger partial charge in [-0.2, -0.15) is 0 Å². The third-order valence-electron chi connectivity index (χ3n) is 3.78. The monoisotopic (exact) mass is 254 g/mol. The highest BCUT2D eigenvalue weighted by atomic mass is 16.2. The van der Waals surface area contributed by atoms with E-state index in [2.05, 4.69) is 17.1 Å². The molecule has 2 heterocycles. The van der Waals surface area contributed by atoms with Gasteiger partial charge in [-0.1, -0.05) is 24.3 Å². The van der Waals surface area contributed by atoms with Gasteiger partial charge in [-0.3, -0.25) is 9.79 Å². The maximum atomic E-state index is 12.1. The topological polar surface area (TPSA) is 32.7 Å². The van der Waals surface area contributed by atoms with Crippen molar-refractivity contribution in [3.8, 4) is 0 Å². The lowest BCUT2D eigenvalue weighted by molar-refractivity contribution is -0.126. The van der Waals surface area contributed by atoms with Crippen LogP contribution in [0.2, 0.25) is 0 Å². The van der Waals surface area contributed by atoms with Crippen LogP contribution in [0.15, 0.2) is 52.6 Å². The molecule has 1 amide bonds. The lowest BCUT2D eigenvalue weighted by Gasteiger charge is -2.25. The molecule has 0 bridgehead atoms. The van der Waals surface area contributed by atoms with E-state index < -0.39 is 0 Å². The second-order valence-corrected chi connectivity index (χ2v) is 5.10. The highest BCUT2D eigenvalue weighted by molar-refractivity contribution is 5.93. The molecule has 0 saturated carbocycles. The van der Waals surface area contributed by atoms with E-state index >= 15 is 0 Å². The summed E-state index contributed by atoms with van der Waals surface area (Å²) in [7, 11) is 0. The Morgan fingerprint density at radius 1 is 1.26 bits per heavy atom. The van der Waals surface area contributed by atoms with Crippen LogP contribution in [0.3, 0.4) is 0 Å². The molecule has 1 saturated heterocycles. The van der Waals surface area contributed by atoms with Crippen LogP contribution in [0.5, 0.6) is 0 Å². The molecule has 2 aliphatic heterocycles. The van der Waals surface area contributed by atoms with Gasteiger partial charge in [-0.25, -0.2) is 0 Å². The van der Waals surface area contributed by atoms with Gasteiger partial charge < -0.3 is 4.90 Å². The zero-order valence-corrected chi connectivity index (χ0v) is 11.0. The summed E-state index contributed by atoms with van der Waals surface area (Å²) >= 11 is 0. The molecule has 1 atom stereocenters. The summed E-state index contributed by atoms with van der Waals surface area (Å²) in [5.41, 5.74) is 2.24. The molecular formula is C16H18N2O. The second kappa shape index (κ2) is 5.39. The number of aliphatic imine (C=N–C) groups is 1. The Morgan fingerprint density at radius 3 is 2.95 bits per heavy atom. The number of hydrogen-bond acceptors (Lipinski definition) is 2. The third kappa shape index (κ3) is 2.60. The van der Waals surface area contributed by atoms with Gasteiger partial charge in [0.15, 0.2) is 0 Å². The number of amides is 1. The summed E-state index contributed by atoms with van der Waals surface area (Å²) in [5.74, 6) is 0.125. The summed E-state index contributed by atoms with van der Waals surface area (Å²) in [6.07, 6.45) is 17.1. The standard InChI is InChI=1S/C16H18N2O/c19-16(18-10-4-1-5-11-18)9-8-13-12-17-15-7-3-2-6-14(13)15/h2-3,6-9,12,15H,1,4-5,10-11H2/b9-8+. The van der Waals surface area contributed by atoms with Crippen LogP contribution in [0.4, 0.5) is 0 Å². The van der Waals surface area contributed by atoms with Crippen molar-refractivity contribution in [2.75, 3.05) is 13.1 Å². The van der Waals surface area contributed by atoms with Crippen LogP contribution in [-0.2, 0) is 4.79 Å². The number of rotatable bonds is 2. The molecule has 3 aliphatic rings. The van der Waals surface area contributed by atoms with Crippen molar-refractivity contribution in [2.45, 2.75) is 25.3 Å². The average molecular weight is 254 g/mol. The summed E-state index contributed by atoms with van der Waals surface area (Å²) < 4.78 is 0. The SMILES string of the molecule is O=C(/C=C/C1=C2C=CC=CC2N=C1)N1CCCCC1. The Bertz CT molecular complexity index is 517. The van der Waals surface area contributed by atoms with Crippen LogP contribution in [-0.4, -0.2) is 36.2 Å². The number of carbonyl (C=O) groups excluding carboxylic acids is 1. The van der Waals surface area contributed by atoms with E-state index in [-0.39, 0.29) is 11.9 Å². The first-order valence-corrected chi connectivity index (χ1v) is 6.94. The van der Waals surface area contributed by atoms with Crippen molar-refractivity contribution in [3.63, 3.8) is 0 Å². The Balaban J connectivity index is 1.69. The van der Waals surface area contributed by atoms with E-state index in [4.69, 9.17) is 0 Å². The highest BCUT2D eigenvalue weighted by Gasteiger charge is 2.18. The van der Waals surface area contributed by atoms with Crippen molar-refractivity contribution >= 4 is 12.1 Å². The lowest BCUT2D eigenvalue weighted by atomic mass is 10.00. The van der Waals surface area contributed by atoms with E-state index in [1.165, 1.54) is 12.0 Å². The zero-order chi connectivity index (χ0) is 13.1. The van der Waals surface area contributed by atoms with Gasteiger partial charge in [-0.15, -0.1) is 0 Å². The molecule has 0 aromatic rings. The number of allylic oxidation sites excluding steroid dienone is 4. The molecule has 1 aliphatic carbocycles. The zero-order valence-electron chi connectivity index (χ0n) is 11.0. The molecule has 0 aromatic carbocycles. The first kappa shape index (κ1) is 12.2. The van der Waals surface area contributed by atoms with Crippen LogP contribution >= 0.6 is 0 Å². The summed E-state index contributed by atoms with van der Waals surface area (Å²) in [6, 6.07) is 0.148. The number of fused-ring (bicyclic) bond motifs is 1. The fraction of sp³-hybridized carbons (Fsp3) is 0.375. The minimum Gasteiger partial charge on any atom is -0.339 e. The number of nitrogens with zero attached hydrogens (tertiary/aromatic N) is 2. The van der Waals surface area contributed by atoms with Gasteiger partial charge >= 0.3 is 0 Å². The van der Waals surface area contributed by atoms with Crippen molar-refractivity contribution in [1.82, 2.24) is 4.90 Å². The minimum absolute atomic E-state index is 0.125. The highest BCUT2D eigenvalue weighted by Crippen LogP contribution is 2.24. The Morgan fingerprint density at radius 2 is 2.11 bits per heavy atom. The van der Waals surface area contributed by atoms with E-state index in [1.54, 1.807) is 6.08 Å². The summed E-state index contributed by atoms with van der Waals surface area (Å²) in [4.78, 5) is 18.4. The normalized spacial score (nSPS) is 25.5. The first-order chi connectivity index (χ1) is 9.34. The van der Waals surface area contributed by atoms with E-state index in [0.717, 1.165) is 31.5 Å². The second-order valence-electron chi connectivity index (χ2n) is 5.10. The van der Waals surface area contributed by atoms with E-state index in [9.17, 15) is 4.79 Å². The minimum atomic E-state index is 0.125. The van der Waals surface area contributed by atoms with Crippen LogP contribution in [0, 0.1) is 0 Å². The first-order valence-electron chi connectivity index (χ1n) is 6.94. The van der Waals surface area contributed by atoms with Crippen molar-refractivity contribution in [1.29, 1.82) is 0 Å². The smallest absolute Gasteiger partial charge is 0.246 e. The fourth-order valence-corrected chi connectivity index (χ4v) is 2.68. The molecule has 1 fully saturated rings. The maximum Gasteiger partial charge on any atom is 0.246 e. The van der Waals surface area contributed by atoms with Gasteiger partial charge in [-0.05, 0) is 36.5 Å². The molecular weight excluding hydrogens is 236 g/mol. The Kier molecular flexibility index (Phi) is 3.45. The van der Waals surface area contributed by atoms with Crippen molar-refractivity contribution in [3.05, 3.63) is 47.6 Å². The van der Waals surface area contributed by atoms with Crippen molar-refractivity contribution < 1.29 is 4.79 Å². The van der Waals surface area contributed by atoms with Crippen LogP contribution in [0.1, 0.15) is 19.3 Å². The van der Waals surface area contributed by atoms with E-state index in [1.807, 2.05) is 29.3 Å². The predicted octanol–water partition coefficient (Wildman–Crippen LogP) is 2.43. The maximum absolute atomic E-state index is 12.1. The number of hydrogen-bond donors (Lipinski definition) is 0. The Hall–Kier alpha value is -1.90. The molecule has 0 radical (unpaired) electrons. The molecule has 19 heavy (non-hydrogen) atoms. The quantitative estimate of drug-likeness (QED) is 0.697. The van der Waals surface area contributed by atoms with Gasteiger partial charge in [0, 0.05) is 25.4 Å². The lowest BCUT2D eigenvalue weighted by Crippen LogP contribution is -2.34. The number of piperidine rings is 1. The summed E-state index contributed by atoms with van der Waals surface area (Å²) in [6.45, 7) is 1.79. The van der Waals surface area contributed by atoms with Crippen molar-refractivity contribution in [2.24, 2.45) is 4.99 Å². The molecule has 3 nitrogen and oxygen atoms in total. The van der Waals surface area contributed by atoms with Gasteiger partial charge in [0.2, 0.25) is 5.91 Å². The molecule has 98 valence electrons. The molecule has 0 N–H and O–H groups in total. The average Bonchev–Trinajstić information content (AvgIpc) is 2.89. The molecule has 1 unspecified atom stereocenters. The third-order valence-corrected chi connectivity index (χ3v) is 3.78. The predicted molar refractivity (Wildman–Crippen MR) is 77.2 cm³/mol. The van der Waals surface area contributed by atoms with E-state index in [0.29, 0.717) is 0 Å². The molecule has 0 aromatic heterocycles. The molecule has 3 heteroatoms. The van der Waals surface area contributed by atoms with Crippen LogP contribution < -0.4 is 0 Å². The van der Waals surface area contributed by atoms with Gasteiger partial charge in [0.05, 0.1) is 6.04 Å².